The molecule has 0 spiro atoms. The van der Waals surface area contributed by atoms with Gasteiger partial charge in [-0.1, -0.05) is 31.0 Å². The fraction of sp³-hybridized carbons (Fsp3) is 0.600. The summed E-state index contributed by atoms with van der Waals surface area (Å²) in [6.07, 6.45) is 2.52. The first kappa shape index (κ1) is 14.0. The second-order valence-corrected chi connectivity index (χ2v) is 4.60. The molecule has 0 unspecified atom stereocenters. The van der Waals surface area contributed by atoms with Crippen molar-refractivity contribution >= 4 is 5.69 Å². The number of unbranched alkanes of at least 4 members (excludes halogenated alkanes) is 1. The molecule has 1 aromatic rings. The van der Waals surface area contributed by atoms with Crippen LogP contribution >= 0.6 is 0 Å². The molecule has 0 heterocycles. The molecule has 0 saturated carbocycles. The van der Waals surface area contributed by atoms with Crippen LogP contribution in [0.3, 0.4) is 0 Å². The number of benzene rings is 1. The largest absolute Gasteiger partial charge is 0.372 e. The molecule has 0 saturated heterocycles. The lowest BCUT2D eigenvalue weighted by atomic mass is 10.1. The Morgan fingerprint density at radius 2 is 2.00 bits per heavy atom. The van der Waals surface area contributed by atoms with Gasteiger partial charge < -0.3 is 10.2 Å². The second-order valence-electron chi connectivity index (χ2n) is 4.60. The Bertz CT molecular complexity index is 334. The number of hydrogen-bond acceptors (Lipinski definition) is 2. The molecule has 0 atom stereocenters. The summed E-state index contributed by atoms with van der Waals surface area (Å²) in [4.78, 5) is 2.48. The Labute approximate surface area is 106 Å². The third-order valence-electron chi connectivity index (χ3n) is 3.11. The van der Waals surface area contributed by atoms with Gasteiger partial charge in [-0.15, -0.1) is 0 Å². The van der Waals surface area contributed by atoms with Crippen molar-refractivity contribution < 1.29 is 0 Å². The summed E-state index contributed by atoms with van der Waals surface area (Å²) < 4.78 is 0. The highest BCUT2D eigenvalue weighted by Gasteiger charge is 2.08. The number of nitrogens with zero attached hydrogens (tertiary/aromatic N) is 1. The smallest absolute Gasteiger partial charge is 0.0411 e. The highest BCUT2D eigenvalue weighted by molar-refractivity contribution is 5.55. The lowest BCUT2D eigenvalue weighted by molar-refractivity contribution is 0.722. The highest BCUT2D eigenvalue weighted by atomic mass is 15.1. The van der Waals surface area contributed by atoms with Gasteiger partial charge in [-0.2, -0.15) is 0 Å². The van der Waals surface area contributed by atoms with Crippen molar-refractivity contribution in [3.8, 4) is 0 Å². The van der Waals surface area contributed by atoms with E-state index in [4.69, 9.17) is 0 Å². The molecule has 0 aliphatic carbocycles. The third-order valence-corrected chi connectivity index (χ3v) is 3.11. The molecule has 0 aliphatic rings. The molecule has 0 radical (unpaired) electrons. The SMILES string of the molecule is CCCCN(CC)c1ccc(C)cc1CNC. The zero-order valence-corrected chi connectivity index (χ0v) is 11.7. The predicted octanol–water partition coefficient (Wildman–Crippen LogP) is 3.34. The van der Waals surface area contributed by atoms with E-state index < -0.39 is 0 Å². The molecule has 0 bridgehead atoms. The van der Waals surface area contributed by atoms with E-state index in [2.05, 4.69) is 49.2 Å². The summed E-state index contributed by atoms with van der Waals surface area (Å²) in [6, 6.07) is 6.77. The Morgan fingerprint density at radius 3 is 2.59 bits per heavy atom. The second kappa shape index (κ2) is 7.33. The van der Waals surface area contributed by atoms with Crippen LogP contribution in [0.4, 0.5) is 5.69 Å². The standard InChI is InChI=1S/C15H26N2/c1-5-7-10-17(6-2)15-9-8-13(3)11-14(15)12-16-4/h8-9,11,16H,5-7,10,12H2,1-4H3. The number of anilines is 1. The normalized spacial score (nSPS) is 10.6. The molecule has 1 N–H and O–H groups in total. The van der Waals surface area contributed by atoms with Crippen molar-refractivity contribution in [2.75, 3.05) is 25.0 Å². The molecule has 1 aromatic carbocycles. The third kappa shape index (κ3) is 4.04. The molecule has 2 nitrogen and oxygen atoms in total. The van der Waals surface area contributed by atoms with E-state index in [9.17, 15) is 0 Å². The summed E-state index contributed by atoms with van der Waals surface area (Å²) in [7, 11) is 2.01. The fourth-order valence-electron chi connectivity index (χ4n) is 2.15. The minimum atomic E-state index is 0.944. The van der Waals surface area contributed by atoms with Gasteiger partial charge >= 0.3 is 0 Å². The van der Waals surface area contributed by atoms with Crippen molar-refractivity contribution in [2.45, 2.75) is 40.2 Å². The van der Waals surface area contributed by atoms with Crippen LogP contribution in [0.1, 0.15) is 37.8 Å². The first-order chi connectivity index (χ1) is 8.22. The minimum Gasteiger partial charge on any atom is -0.372 e. The molecular formula is C15H26N2. The monoisotopic (exact) mass is 234 g/mol. The van der Waals surface area contributed by atoms with E-state index in [-0.39, 0.29) is 0 Å². The van der Waals surface area contributed by atoms with Gasteiger partial charge in [-0.25, -0.2) is 0 Å². The maximum atomic E-state index is 3.26. The molecule has 0 aliphatic heterocycles. The van der Waals surface area contributed by atoms with Crippen molar-refractivity contribution in [2.24, 2.45) is 0 Å². The zero-order chi connectivity index (χ0) is 12.7. The quantitative estimate of drug-likeness (QED) is 0.778. The van der Waals surface area contributed by atoms with E-state index >= 15 is 0 Å². The topological polar surface area (TPSA) is 15.3 Å². The van der Waals surface area contributed by atoms with E-state index in [0.717, 1.165) is 19.6 Å². The summed E-state index contributed by atoms with van der Waals surface area (Å²) in [5.74, 6) is 0. The number of nitrogens with one attached hydrogen (secondary N) is 1. The van der Waals surface area contributed by atoms with Crippen LogP contribution in [0.5, 0.6) is 0 Å². The van der Waals surface area contributed by atoms with Gasteiger partial charge in [0, 0.05) is 25.3 Å². The molecule has 0 aromatic heterocycles. The van der Waals surface area contributed by atoms with Gasteiger partial charge in [0.25, 0.3) is 0 Å². The van der Waals surface area contributed by atoms with Crippen LogP contribution in [0.25, 0.3) is 0 Å². The first-order valence-electron chi connectivity index (χ1n) is 6.72. The minimum absolute atomic E-state index is 0.944. The van der Waals surface area contributed by atoms with E-state index in [1.165, 1.54) is 29.7 Å². The van der Waals surface area contributed by atoms with E-state index in [1.807, 2.05) is 7.05 Å². The molecular weight excluding hydrogens is 208 g/mol. The molecule has 1 rings (SSSR count). The van der Waals surface area contributed by atoms with Crippen LogP contribution in [0.15, 0.2) is 18.2 Å². The van der Waals surface area contributed by atoms with E-state index in [0.29, 0.717) is 0 Å². The molecule has 0 amide bonds. The Balaban J connectivity index is 2.91. The van der Waals surface area contributed by atoms with Crippen LogP contribution in [0, 0.1) is 6.92 Å². The summed E-state index contributed by atoms with van der Waals surface area (Å²) in [5, 5.41) is 3.26. The maximum absolute atomic E-state index is 3.26. The average Bonchev–Trinajstić information content (AvgIpc) is 2.32. The molecule has 96 valence electrons. The fourth-order valence-corrected chi connectivity index (χ4v) is 2.15. The van der Waals surface area contributed by atoms with Gasteiger partial charge in [-0.05, 0) is 38.9 Å². The van der Waals surface area contributed by atoms with Crippen LogP contribution in [0.2, 0.25) is 0 Å². The number of aryl methyl sites for hydroxylation is 1. The highest BCUT2D eigenvalue weighted by Crippen LogP contribution is 2.22. The van der Waals surface area contributed by atoms with Crippen molar-refractivity contribution in [3.63, 3.8) is 0 Å². The van der Waals surface area contributed by atoms with Crippen LogP contribution < -0.4 is 10.2 Å². The van der Waals surface area contributed by atoms with Crippen molar-refractivity contribution in [1.29, 1.82) is 0 Å². The number of hydrogen-bond donors (Lipinski definition) is 1. The van der Waals surface area contributed by atoms with Crippen LogP contribution in [-0.4, -0.2) is 20.1 Å². The average molecular weight is 234 g/mol. The lowest BCUT2D eigenvalue weighted by Crippen LogP contribution is -2.25. The summed E-state index contributed by atoms with van der Waals surface area (Å²) >= 11 is 0. The van der Waals surface area contributed by atoms with Gasteiger partial charge in [-0.3, -0.25) is 0 Å². The Kier molecular flexibility index (Phi) is 6.06. The maximum Gasteiger partial charge on any atom is 0.0411 e. The Hall–Kier alpha value is -1.02. The predicted molar refractivity (Wildman–Crippen MR) is 76.7 cm³/mol. The van der Waals surface area contributed by atoms with Gasteiger partial charge in [0.15, 0.2) is 0 Å². The lowest BCUT2D eigenvalue weighted by Gasteiger charge is -2.26. The molecule has 0 fully saturated rings. The number of rotatable bonds is 7. The van der Waals surface area contributed by atoms with Crippen molar-refractivity contribution in [1.82, 2.24) is 5.32 Å². The van der Waals surface area contributed by atoms with Crippen LogP contribution in [-0.2, 0) is 6.54 Å². The Morgan fingerprint density at radius 1 is 1.24 bits per heavy atom. The molecule has 2 heteroatoms. The first-order valence-corrected chi connectivity index (χ1v) is 6.72. The van der Waals surface area contributed by atoms with Gasteiger partial charge in [0.2, 0.25) is 0 Å². The summed E-state index contributed by atoms with van der Waals surface area (Å²) in [5.41, 5.74) is 4.14. The summed E-state index contributed by atoms with van der Waals surface area (Å²) in [6.45, 7) is 9.83. The van der Waals surface area contributed by atoms with E-state index in [1.54, 1.807) is 0 Å². The zero-order valence-electron chi connectivity index (χ0n) is 11.7. The van der Waals surface area contributed by atoms with Crippen molar-refractivity contribution in [3.05, 3.63) is 29.3 Å². The molecule has 17 heavy (non-hydrogen) atoms. The van der Waals surface area contributed by atoms with Gasteiger partial charge in [0.05, 0.1) is 0 Å². The van der Waals surface area contributed by atoms with Gasteiger partial charge in [0.1, 0.15) is 0 Å².